The smallest absolute Gasteiger partial charge is 0.338 e. The predicted molar refractivity (Wildman–Crippen MR) is 70.9 cm³/mol. The average molecular weight is 280 g/mol. The lowest BCUT2D eigenvalue weighted by molar-refractivity contribution is 0.0691. The monoisotopic (exact) mass is 280 g/mol. The molecule has 0 aliphatic rings. The molecule has 0 saturated heterocycles. The quantitative estimate of drug-likeness (QED) is 0.875. The number of thioether (sulfide) groups is 1. The fraction of sp³-hybridized carbons (Fsp3) is 0.231. The van der Waals surface area contributed by atoms with Gasteiger partial charge >= 0.3 is 5.97 Å². The number of aromatic carboxylic acids is 1. The van der Waals surface area contributed by atoms with Gasteiger partial charge in [0.25, 0.3) is 0 Å². The summed E-state index contributed by atoms with van der Waals surface area (Å²) in [7, 11) is 1.86. The Balaban J connectivity index is 2.14. The summed E-state index contributed by atoms with van der Waals surface area (Å²) < 4.78 is 15.0. The van der Waals surface area contributed by atoms with Crippen LogP contribution in [0.4, 0.5) is 4.39 Å². The summed E-state index contributed by atoms with van der Waals surface area (Å²) in [6, 6.07) is 6.08. The minimum atomic E-state index is -1.25. The summed E-state index contributed by atoms with van der Waals surface area (Å²) in [4.78, 5) is 11.6. The first-order valence-electron chi connectivity index (χ1n) is 5.62. The highest BCUT2D eigenvalue weighted by molar-refractivity contribution is 7.98. The number of hydrogen-bond acceptors (Lipinski definition) is 3. The molecule has 1 aromatic carbocycles. The van der Waals surface area contributed by atoms with Crippen molar-refractivity contribution in [2.45, 2.75) is 17.6 Å². The maximum atomic E-state index is 13.2. The largest absolute Gasteiger partial charge is 0.478 e. The summed E-state index contributed by atoms with van der Waals surface area (Å²) in [5, 5.41) is 13.1. The van der Waals surface area contributed by atoms with Gasteiger partial charge in [0, 0.05) is 23.4 Å². The molecule has 0 saturated carbocycles. The first kappa shape index (κ1) is 13.6. The number of aryl methyl sites for hydroxylation is 2. The van der Waals surface area contributed by atoms with Crippen molar-refractivity contribution < 1.29 is 14.3 Å². The number of hydrogen-bond donors (Lipinski definition) is 1. The number of benzene rings is 1. The molecule has 100 valence electrons. The van der Waals surface area contributed by atoms with Crippen molar-refractivity contribution in [3.05, 3.63) is 47.0 Å². The van der Waals surface area contributed by atoms with E-state index in [4.69, 9.17) is 5.11 Å². The van der Waals surface area contributed by atoms with Gasteiger partial charge in [-0.1, -0.05) is 0 Å². The Kier molecular flexibility index (Phi) is 3.90. The summed E-state index contributed by atoms with van der Waals surface area (Å²) in [5.41, 5.74) is 1.67. The van der Waals surface area contributed by atoms with E-state index in [1.54, 1.807) is 10.7 Å². The second-order valence-electron chi connectivity index (χ2n) is 4.14. The lowest BCUT2D eigenvalue weighted by Crippen LogP contribution is -2.00. The predicted octanol–water partition coefficient (Wildman–Crippen LogP) is 2.86. The normalized spacial score (nSPS) is 10.7. The van der Waals surface area contributed by atoms with Crippen LogP contribution in [0.25, 0.3) is 0 Å². The summed E-state index contributed by atoms with van der Waals surface area (Å²) in [6.07, 6.45) is 0. The molecule has 0 unspecified atom stereocenters. The summed E-state index contributed by atoms with van der Waals surface area (Å²) in [6.45, 7) is 1.91. The molecule has 0 aliphatic carbocycles. The van der Waals surface area contributed by atoms with Gasteiger partial charge in [-0.25, -0.2) is 9.18 Å². The topological polar surface area (TPSA) is 55.1 Å². The van der Waals surface area contributed by atoms with Crippen molar-refractivity contribution >= 4 is 17.7 Å². The van der Waals surface area contributed by atoms with Crippen molar-refractivity contribution in [1.82, 2.24) is 9.78 Å². The highest BCUT2D eigenvalue weighted by Crippen LogP contribution is 2.25. The fourth-order valence-electron chi connectivity index (χ4n) is 1.71. The Morgan fingerprint density at radius 2 is 2.21 bits per heavy atom. The lowest BCUT2D eigenvalue weighted by Gasteiger charge is -2.04. The van der Waals surface area contributed by atoms with Crippen LogP contribution in [-0.2, 0) is 12.8 Å². The molecule has 4 nitrogen and oxygen atoms in total. The molecule has 0 amide bonds. The zero-order valence-corrected chi connectivity index (χ0v) is 11.4. The highest BCUT2D eigenvalue weighted by Gasteiger charge is 2.11. The molecule has 1 N–H and O–H groups in total. The van der Waals surface area contributed by atoms with Gasteiger partial charge in [0.2, 0.25) is 0 Å². The molecule has 6 heteroatoms. The SMILES string of the molecule is Cc1cc(CSc2ccc(F)c(C(=O)O)c2)n(C)n1. The Morgan fingerprint density at radius 3 is 2.79 bits per heavy atom. The van der Waals surface area contributed by atoms with Crippen molar-refractivity contribution in [3.63, 3.8) is 0 Å². The van der Waals surface area contributed by atoms with Crippen molar-refractivity contribution in [2.75, 3.05) is 0 Å². The van der Waals surface area contributed by atoms with Gasteiger partial charge in [-0.3, -0.25) is 4.68 Å². The standard InChI is InChI=1S/C13H13FN2O2S/c1-8-5-9(16(2)15-8)7-19-10-3-4-12(14)11(6-10)13(17)18/h3-6H,7H2,1-2H3,(H,17,18). The van der Waals surface area contributed by atoms with E-state index < -0.39 is 11.8 Å². The number of carboxylic acid groups (broad SMARTS) is 1. The van der Waals surface area contributed by atoms with E-state index in [0.717, 1.165) is 16.3 Å². The Hall–Kier alpha value is -1.82. The van der Waals surface area contributed by atoms with Gasteiger partial charge in [-0.15, -0.1) is 11.8 Å². The highest BCUT2D eigenvalue weighted by atomic mass is 32.2. The molecular formula is C13H13FN2O2S. The van der Waals surface area contributed by atoms with Crippen LogP contribution in [0.15, 0.2) is 29.2 Å². The maximum Gasteiger partial charge on any atom is 0.338 e. The van der Waals surface area contributed by atoms with E-state index in [9.17, 15) is 9.18 Å². The molecule has 2 rings (SSSR count). The summed E-state index contributed by atoms with van der Waals surface area (Å²) >= 11 is 1.45. The number of carboxylic acids is 1. The van der Waals surface area contributed by atoms with Crippen LogP contribution >= 0.6 is 11.8 Å². The van der Waals surface area contributed by atoms with Crippen molar-refractivity contribution in [2.24, 2.45) is 7.05 Å². The second-order valence-corrected chi connectivity index (χ2v) is 5.18. The Bertz CT molecular complexity index is 625. The van der Waals surface area contributed by atoms with Crippen LogP contribution in [0.5, 0.6) is 0 Å². The second kappa shape index (κ2) is 5.44. The van der Waals surface area contributed by atoms with Gasteiger partial charge in [0.1, 0.15) is 5.82 Å². The molecule has 0 atom stereocenters. The van der Waals surface area contributed by atoms with E-state index >= 15 is 0 Å². The first-order valence-corrected chi connectivity index (χ1v) is 6.61. The number of carbonyl (C=O) groups is 1. The Morgan fingerprint density at radius 1 is 1.47 bits per heavy atom. The van der Waals surface area contributed by atoms with E-state index in [2.05, 4.69) is 5.10 Å². The van der Waals surface area contributed by atoms with Crippen LogP contribution < -0.4 is 0 Å². The van der Waals surface area contributed by atoms with E-state index in [0.29, 0.717) is 5.75 Å². The van der Waals surface area contributed by atoms with Crippen LogP contribution in [0.3, 0.4) is 0 Å². The van der Waals surface area contributed by atoms with Gasteiger partial charge in [-0.05, 0) is 31.2 Å². The molecule has 2 aromatic rings. The molecule has 0 radical (unpaired) electrons. The molecular weight excluding hydrogens is 267 g/mol. The Labute approximate surface area is 114 Å². The average Bonchev–Trinajstić information content (AvgIpc) is 2.66. The molecule has 19 heavy (non-hydrogen) atoms. The van der Waals surface area contributed by atoms with Crippen LogP contribution in [0.1, 0.15) is 21.7 Å². The molecule has 0 bridgehead atoms. The third-order valence-corrected chi connectivity index (χ3v) is 3.68. The van der Waals surface area contributed by atoms with Crippen molar-refractivity contribution in [1.29, 1.82) is 0 Å². The maximum absolute atomic E-state index is 13.2. The molecule has 1 heterocycles. The van der Waals surface area contributed by atoms with Crippen LogP contribution in [0.2, 0.25) is 0 Å². The van der Waals surface area contributed by atoms with E-state index in [1.807, 2.05) is 20.0 Å². The van der Waals surface area contributed by atoms with Gasteiger partial charge in [0.05, 0.1) is 11.3 Å². The van der Waals surface area contributed by atoms with E-state index in [-0.39, 0.29) is 5.56 Å². The van der Waals surface area contributed by atoms with Crippen molar-refractivity contribution in [3.8, 4) is 0 Å². The molecule has 0 spiro atoms. The zero-order valence-electron chi connectivity index (χ0n) is 10.6. The van der Waals surface area contributed by atoms with Gasteiger partial charge < -0.3 is 5.11 Å². The fourth-order valence-corrected chi connectivity index (χ4v) is 2.66. The molecule has 1 aromatic heterocycles. The number of rotatable bonds is 4. The molecule has 0 fully saturated rings. The third kappa shape index (κ3) is 3.14. The number of halogens is 1. The van der Waals surface area contributed by atoms with Gasteiger partial charge in [0.15, 0.2) is 0 Å². The van der Waals surface area contributed by atoms with Gasteiger partial charge in [-0.2, -0.15) is 5.10 Å². The van der Waals surface area contributed by atoms with Crippen LogP contribution in [-0.4, -0.2) is 20.9 Å². The third-order valence-electron chi connectivity index (χ3n) is 2.65. The number of aromatic nitrogens is 2. The number of nitrogens with zero attached hydrogens (tertiary/aromatic N) is 2. The minimum absolute atomic E-state index is 0.300. The minimum Gasteiger partial charge on any atom is -0.478 e. The summed E-state index contributed by atoms with van der Waals surface area (Å²) in [5.74, 6) is -1.31. The lowest BCUT2D eigenvalue weighted by atomic mass is 10.2. The van der Waals surface area contributed by atoms with E-state index in [1.165, 1.54) is 23.9 Å². The van der Waals surface area contributed by atoms with Crippen LogP contribution in [0, 0.1) is 12.7 Å². The zero-order chi connectivity index (χ0) is 14.0. The molecule has 0 aliphatic heterocycles. The first-order chi connectivity index (χ1) is 8.97.